The Morgan fingerprint density at radius 1 is 1.36 bits per heavy atom. The van der Waals surface area contributed by atoms with Gasteiger partial charge in [0.2, 0.25) is 0 Å². The molecule has 5 heteroatoms. The first kappa shape index (κ1) is 15.8. The van der Waals surface area contributed by atoms with Crippen LogP contribution >= 0.6 is 12.4 Å². The summed E-state index contributed by atoms with van der Waals surface area (Å²) < 4.78 is 4.79. The quantitative estimate of drug-likeness (QED) is 0.559. The van der Waals surface area contributed by atoms with Gasteiger partial charge in [0.1, 0.15) is 0 Å². The highest BCUT2D eigenvalue weighted by Gasteiger charge is 2.23. The van der Waals surface area contributed by atoms with Crippen molar-refractivity contribution >= 4 is 24.2 Å². The summed E-state index contributed by atoms with van der Waals surface area (Å²) in [5, 5.41) is 0. The van der Waals surface area contributed by atoms with Crippen LogP contribution in [-0.2, 0) is 14.3 Å². The first-order valence-corrected chi connectivity index (χ1v) is 4.47. The second kappa shape index (κ2) is 7.76. The number of carbonyl (C=O) groups excluding carboxylic acids is 2. The lowest BCUT2D eigenvalue weighted by Gasteiger charge is -2.12. The van der Waals surface area contributed by atoms with Gasteiger partial charge in [-0.3, -0.25) is 4.79 Å². The van der Waals surface area contributed by atoms with Crippen LogP contribution in [0.15, 0.2) is 0 Å². The fourth-order valence-corrected chi connectivity index (χ4v) is 0.839. The zero-order chi connectivity index (χ0) is 10.4. The third-order valence-corrected chi connectivity index (χ3v) is 1.45. The molecule has 14 heavy (non-hydrogen) atoms. The number of halogens is 1. The Morgan fingerprint density at radius 2 is 1.86 bits per heavy atom. The maximum Gasteiger partial charge on any atom is 0.330 e. The highest BCUT2D eigenvalue weighted by Crippen LogP contribution is 1.98. The number of esters is 1. The zero-order valence-electron chi connectivity index (χ0n) is 8.78. The molecule has 0 aliphatic heterocycles. The molecule has 4 nitrogen and oxygen atoms in total. The summed E-state index contributed by atoms with van der Waals surface area (Å²) in [6.07, 6.45) is 0.795. The standard InChI is InChI=1S/C9H17NO3.ClH/c1-4-5-7(11)8(10)9(12)13-6(2)3;/h6,8H,4-5,10H2,1-3H3;1H. The van der Waals surface area contributed by atoms with Crippen LogP contribution in [0.3, 0.4) is 0 Å². The monoisotopic (exact) mass is 223 g/mol. The number of carbonyl (C=O) groups is 2. The second-order valence-electron chi connectivity index (χ2n) is 3.18. The summed E-state index contributed by atoms with van der Waals surface area (Å²) in [4.78, 5) is 22.2. The van der Waals surface area contributed by atoms with E-state index in [0.29, 0.717) is 12.8 Å². The molecule has 0 bridgehead atoms. The van der Waals surface area contributed by atoms with Crippen molar-refractivity contribution in [3.05, 3.63) is 0 Å². The van der Waals surface area contributed by atoms with Crippen LogP contribution in [-0.4, -0.2) is 23.9 Å². The number of ether oxygens (including phenoxy) is 1. The lowest BCUT2D eigenvalue weighted by atomic mass is 10.1. The van der Waals surface area contributed by atoms with E-state index in [0.717, 1.165) is 0 Å². The smallest absolute Gasteiger partial charge is 0.330 e. The number of nitrogens with two attached hydrogens (primary N) is 1. The van der Waals surface area contributed by atoms with Crippen molar-refractivity contribution in [1.29, 1.82) is 0 Å². The van der Waals surface area contributed by atoms with E-state index in [9.17, 15) is 9.59 Å². The molecular formula is C9H18ClNO3. The SMILES string of the molecule is CCCC(=O)C(N)C(=O)OC(C)C.Cl. The van der Waals surface area contributed by atoms with E-state index in [2.05, 4.69) is 0 Å². The molecular weight excluding hydrogens is 206 g/mol. The van der Waals surface area contributed by atoms with Crippen molar-refractivity contribution < 1.29 is 14.3 Å². The third-order valence-electron chi connectivity index (χ3n) is 1.45. The van der Waals surface area contributed by atoms with Crippen molar-refractivity contribution in [1.82, 2.24) is 0 Å². The number of rotatable bonds is 5. The minimum Gasteiger partial charge on any atom is -0.461 e. The minimum absolute atomic E-state index is 0. The normalized spacial score (nSPS) is 11.8. The minimum atomic E-state index is -1.11. The molecule has 0 saturated carbocycles. The molecule has 84 valence electrons. The molecule has 0 heterocycles. The fraction of sp³-hybridized carbons (Fsp3) is 0.778. The van der Waals surface area contributed by atoms with Gasteiger partial charge in [-0.1, -0.05) is 6.92 Å². The predicted molar refractivity (Wildman–Crippen MR) is 56.4 cm³/mol. The van der Waals surface area contributed by atoms with E-state index < -0.39 is 12.0 Å². The van der Waals surface area contributed by atoms with E-state index in [1.807, 2.05) is 6.92 Å². The van der Waals surface area contributed by atoms with Crippen LogP contribution in [0, 0.1) is 0 Å². The van der Waals surface area contributed by atoms with Gasteiger partial charge in [-0.25, -0.2) is 4.79 Å². The van der Waals surface area contributed by atoms with E-state index in [4.69, 9.17) is 10.5 Å². The molecule has 0 aliphatic carbocycles. The lowest BCUT2D eigenvalue weighted by Crippen LogP contribution is -2.40. The topological polar surface area (TPSA) is 69.4 Å². The average molecular weight is 224 g/mol. The first-order valence-electron chi connectivity index (χ1n) is 4.47. The Labute approximate surface area is 90.6 Å². The zero-order valence-corrected chi connectivity index (χ0v) is 9.60. The van der Waals surface area contributed by atoms with E-state index >= 15 is 0 Å². The molecule has 0 amide bonds. The van der Waals surface area contributed by atoms with Crippen LogP contribution in [0.2, 0.25) is 0 Å². The van der Waals surface area contributed by atoms with Gasteiger partial charge in [0, 0.05) is 6.42 Å². The Hall–Kier alpha value is -0.610. The summed E-state index contributed by atoms with van der Waals surface area (Å²) in [6.45, 7) is 5.29. The van der Waals surface area contributed by atoms with Gasteiger partial charge in [-0.2, -0.15) is 0 Å². The molecule has 1 atom stereocenters. The molecule has 0 fully saturated rings. The second-order valence-corrected chi connectivity index (χ2v) is 3.18. The molecule has 0 saturated heterocycles. The van der Waals surface area contributed by atoms with Crippen LogP contribution in [0.5, 0.6) is 0 Å². The molecule has 0 aromatic carbocycles. The molecule has 0 aliphatic rings. The highest BCUT2D eigenvalue weighted by molar-refractivity contribution is 6.02. The number of ketones is 1. The van der Waals surface area contributed by atoms with E-state index in [1.165, 1.54) is 0 Å². The van der Waals surface area contributed by atoms with Crippen molar-refractivity contribution in [3.8, 4) is 0 Å². The maximum absolute atomic E-state index is 11.1. The summed E-state index contributed by atoms with van der Waals surface area (Å²) in [5.41, 5.74) is 5.37. The fourth-order valence-electron chi connectivity index (χ4n) is 0.839. The van der Waals surface area contributed by atoms with Gasteiger partial charge >= 0.3 is 5.97 Å². The summed E-state index contributed by atoms with van der Waals surface area (Å²) in [5.74, 6) is -0.887. The summed E-state index contributed by atoms with van der Waals surface area (Å²) >= 11 is 0. The van der Waals surface area contributed by atoms with Gasteiger partial charge in [0.25, 0.3) is 0 Å². The van der Waals surface area contributed by atoms with Crippen LogP contribution < -0.4 is 5.73 Å². The Balaban J connectivity index is 0. The molecule has 1 unspecified atom stereocenters. The third kappa shape index (κ3) is 5.94. The molecule has 0 rings (SSSR count). The lowest BCUT2D eigenvalue weighted by molar-refractivity contribution is -0.151. The van der Waals surface area contributed by atoms with Gasteiger partial charge in [-0.15, -0.1) is 12.4 Å². The average Bonchev–Trinajstić information content (AvgIpc) is 2.02. The highest BCUT2D eigenvalue weighted by atomic mass is 35.5. The van der Waals surface area contributed by atoms with Crippen molar-refractivity contribution in [2.75, 3.05) is 0 Å². The Bertz CT molecular complexity index is 194. The van der Waals surface area contributed by atoms with Crippen molar-refractivity contribution in [2.24, 2.45) is 5.73 Å². The Morgan fingerprint density at radius 3 is 2.21 bits per heavy atom. The van der Waals surface area contributed by atoms with Crippen LogP contribution in [0.4, 0.5) is 0 Å². The molecule has 0 radical (unpaired) electrons. The molecule has 0 aromatic rings. The van der Waals surface area contributed by atoms with Crippen LogP contribution in [0.25, 0.3) is 0 Å². The van der Waals surface area contributed by atoms with Gasteiger partial charge in [0.05, 0.1) is 6.10 Å². The van der Waals surface area contributed by atoms with E-state index in [1.54, 1.807) is 13.8 Å². The summed E-state index contributed by atoms with van der Waals surface area (Å²) in [6, 6.07) is -1.11. The van der Waals surface area contributed by atoms with Gasteiger partial charge < -0.3 is 10.5 Å². The largest absolute Gasteiger partial charge is 0.461 e. The molecule has 2 N–H and O–H groups in total. The molecule has 0 aromatic heterocycles. The van der Waals surface area contributed by atoms with Gasteiger partial charge in [0.15, 0.2) is 11.8 Å². The first-order chi connectivity index (χ1) is 5.99. The predicted octanol–water partition coefficient (Wildman–Crippen LogP) is 1.06. The number of Topliss-reactive ketones (excluding diaryl/α,β-unsaturated/α-hetero) is 1. The van der Waals surface area contributed by atoms with Gasteiger partial charge in [-0.05, 0) is 20.3 Å². The van der Waals surface area contributed by atoms with Crippen molar-refractivity contribution in [2.45, 2.75) is 45.8 Å². The Kier molecular flexibility index (Phi) is 8.79. The number of hydrogen-bond acceptors (Lipinski definition) is 4. The van der Waals surface area contributed by atoms with Crippen LogP contribution in [0.1, 0.15) is 33.6 Å². The van der Waals surface area contributed by atoms with Crippen molar-refractivity contribution in [3.63, 3.8) is 0 Å². The summed E-state index contributed by atoms with van der Waals surface area (Å²) in [7, 11) is 0. The van der Waals surface area contributed by atoms with E-state index in [-0.39, 0.29) is 24.3 Å². The number of hydrogen-bond donors (Lipinski definition) is 1. The maximum atomic E-state index is 11.1. The molecule has 0 spiro atoms.